The van der Waals surface area contributed by atoms with Crippen LogP contribution in [0.25, 0.3) is 38.8 Å². The molecule has 16 nitrogen and oxygen atoms in total. The zero-order valence-corrected chi connectivity index (χ0v) is 33.7. The fraction of sp³-hybridized carbons (Fsp3) is 0.238. The van der Waals surface area contributed by atoms with Crippen molar-refractivity contribution < 1.29 is 14.7 Å². The minimum Gasteiger partial charge on any atom is -0.394 e. The number of benzene rings is 2. The molecule has 3 N–H and O–H groups in total. The predicted molar refractivity (Wildman–Crippen MR) is 227 cm³/mol. The normalized spacial score (nSPS) is 13.4. The zero-order chi connectivity index (χ0) is 41.6. The summed E-state index contributed by atoms with van der Waals surface area (Å²) in [4.78, 5) is 51.7. The number of aromatic nitrogens is 8. The summed E-state index contributed by atoms with van der Waals surface area (Å²) in [5.41, 5.74) is 3.58. The number of nitrogens with zero attached hydrogens (tertiary/aromatic N) is 10. The van der Waals surface area contributed by atoms with Crippen LogP contribution in [0.1, 0.15) is 27.6 Å². The Labute approximate surface area is 344 Å². The second-order valence-corrected chi connectivity index (χ2v) is 14.7. The van der Waals surface area contributed by atoms with Gasteiger partial charge in [-0.05, 0) is 67.4 Å². The van der Waals surface area contributed by atoms with Crippen molar-refractivity contribution in [2.45, 2.75) is 13.0 Å². The summed E-state index contributed by atoms with van der Waals surface area (Å²) in [6, 6.07) is 19.5. The van der Waals surface area contributed by atoms with Crippen molar-refractivity contribution in [3.63, 3.8) is 0 Å². The summed E-state index contributed by atoms with van der Waals surface area (Å²) in [6.45, 7) is 5.18. The molecule has 0 spiro atoms. The summed E-state index contributed by atoms with van der Waals surface area (Å²) in [5, 5.41) is 29.9. The number of piperazine rings is 1. The van der Waals surface area contributed by atoms with E-state index in [1.165, 1.54) is 16.9 Å². The molecular formula is C42H43ClN12O4. The number of carbonyl (C=O) groups excluding carboxylic acids is 2. The largest absolute Gasteiger partial charge is 0.394 e. The molecule has 0 aliphatic carbocycles. The van der Waals surface area contributed by atoms with Crippen LogP contribution in [0.15, 0.2) is 109 Å². The van der Waals surface area contributed by atoms with Crippen molar-refractivity contribution in [2.75, 3.05) is 50.1 Å². The van der Waals surface area contributed by atoms with E-state index in [1.54, 1.807) is 67.6 Å². The van der Waals surface area contributed by atoms with Crippen molar-refractivity contribution in [1.29, 1.82) is 0 Å². The lowest BCUT2D eigenvalue weighted by molar-refractivity contribution is 0.0919. The molecule has 6 heterocycles. The number of aryl methyl sites for hydroxylation is 2. The van der Waals surface area contributed by atoms with Gasteiger partial charge in [0, 0.05) is 92.0 Å². The van der Waals surface area contributed by atoms with Gasteiger partial charge >= 0.3 is 0 Å². The van der Waals surface area contributed by atoms with Gasteiger partial charge in [0.15, 0.2) is 0 Å². The number of carbonyl (C=O) groups is 2. The third-order valence-corrected chi connectivity index (χ3v) is 9.97. The first-order chi connectivity index (χ1) is 28.4. The molecule has 5 aromatic heterocycles. The van der Waals surface area contributed by atoms with Gasteiger partial charge in [-0.15, -0.1) is 0 Å². The Balaban J connectivity index is 0.000000182. The number of pyridine rings is 2. The summed E-state index contributed by atoms with van der Waals surface area (Å²) >= 11 is 5.93. The van der Waals surface area contributed by atoms with Gasteiger partial charge in [0.05, 0.1) is 30.9 Å². The molecule has 1 unspecified atom stereocenters. The highest BCUT2D eigenvalue weighted by Gasteiger charge is 2.20. The van der Waals surface area contributed by atoms with Gasteiger partial charge in [-0.3, -0.25) is 23.7 Å². The van der Waals surface area contributed by atoms with E-state index in [0.717, 1.165) is 58.6 Å². The number of aliphatic hydroxyl groups is 1. The van der Waals surface area contributed by atoms with Crippen LogP contribution in [0.5, 0.6) is 0 Å². The van der Waals surface area contributed by atoms with Crippen LogP contribution in [-0.2, 0) is 14.1 Å². The first-order valence-electron chi connectivity index (χ1n) is 18.8. The molecule has 2 aromatic carbocycles. The van der Waals surface area contributed by atoms with E-state index in [4.69, 9.17) is 16.7 Å². The Bertz CT molecular complexity index is 2670. The van der Waals surface area contributed by atoms with Crippen LogP contribution in [-0.4, -0.2) is 107 Å². The third kappa shape index (κ3) is 9.69. The van der Waals surface area contributed by atoms with Crippen LogP contribution in [0.4, 0.5) is 11.6 Å². The van der Waals surface area contributed by atoms with E-state index < -0.39 is 17.5 Å². The maximum absolute atomic E-state index is 12.9. The van der Waals surface area contributed by atoms with Crippen molar-refractivity contribution in [2.24, 2.45) is 14.1 Å². The lowest BCUT2D eigenvalue weighted by Gasteiger charge is -2.33. The molecule has 1 aliphatic heterocycles. The number of aliphatic hydroxyl groups excluding tert-OH is 1. The lowest BCUT2D eigenvalue weighted by atomic mass is 10.1. The molecule has 1 fully saturated rings. The minimum atomic E-state index is -0.586. The number of anilines is 2. The number of hydrogen-bond donors (Lipinski definition) is 3. The Hall–Kier alpha value is -6.75. The maximum Gasteiger partial charge on any atom is 0.284 e. The average Bonchev–Trinajstić information content (AvgIpc) is 3.89. The summed E-state index contributed by atoms with van der Waals surface area (Å²) in [7, 11) is 5.73. The lowest BCUT2D eigenvalue weighted by Crippen LogP contribution is -2.44. The summed E-state index contributed by atoms with van der Waals surface area (Å²) < 4.78 is 4.45. The Morgan fingerprint density at radius 2 is 1.53 bits per heavy atom. The number of amides is 2. The highest BCUT2D eigenvalue weighted by Crippen LogP contribution is 2.26. The van der Waals surface area contributed by atoms with Crippen LogP contribution < -0.4 is 21.1 Å². The number of fused-ring (bicyclic) bond motifs is 1. The minimum absolute atomic E-state index is 0.0842. The number of halogens is 1. The molecule has 2 amide bonds. The van der Waals surface area contributed by atoms with Crippen LogP contribution in [0.2, 0.25) is 5.02 Å². The molecule has 0 bridgehead atoms. The monoisotopic (exact) mass is 814 g/mol. The standard InChI is InChI=1S/C24H25N7O.C18H18ClN5O3/c1-29-7-9-31(10-8-29)23-13-18(5-6-25-23)24(32)28-22-12-20-11-17(3-4-19(20)14-26-22)21-15-27-30(2)16-21;1-11(10-25)21-17(26)15-7-16(12-3-5-13(19)6-4-12)22-24(18(15)27)14-8-20-23(2)9-14/h3-6,11-16H,7-10H2,1-2H3,(H,26,28,32);3-9,11,25H,10H2,1-2H3,(H,21,26). The summed E-state index contributed by atoms with van der Waals surface area (Å²) in [5.74, 6) is 0.567. The van der Waals surface area contributed by atoms with E-state index >= 15 is 0 Å². The summed E-state index contributed by atoms with van der Waals surface area (Å²) in [6.07, 6.45) is 10.4. The molecule has 0 saturated carbocycles. The quantitative estimate of drug-likeness (QED) is 0.188. The number of likely N-dealkylation sites (N-methyl/N-ethyl adjacent to an activating group) is 1. The fourth-order valence-electron chi connectivity index (χ4n) is 6.37. The average molecular weight is 815 g/mol. The predicted octanol–water partition coefficient (Wildman–Crippen LogP) is 4.43. The molecule has 1 saturated heterocycles. The van der Waals surface area contributed by atoms with Gasteiger partial charge in [-0.1, -0.05) is 35.9 Å². The van der Waals surface area contributed by atoms with Gasteiger partial charge in [0.2, 0.25) is 0 Å². The van der Waals surface area contributed by atoms with Crippen LogP contribution in [0, 0.1) is 0 Å². The zero-order valence-electron chi connectivity index (χ0n) is 32.9. The third-order valence-electron chi connectivity index (χ3n) is 9.72. The van der Waals surface area contributed by atoms with Crippen molar-refractivity contribution >= 4 is 45.8 Å². The van der Waals surface area contributed by atoms with Gasteiger partial charge in [0.1, 0.15) is 22.9 Å². The first kappa shape index (κ1) is 40.4. The molecule has 7 aromatic rings. The van der Waals surface area contributed by atoms with Crippen molar-refractivity contribution in [1.82, 2.24) is 49.5 Å². The Morgan fingerprint density at radius 3 is 2.22 bits per heavy atom. The van der Waals surface area contributed by atoms with Crippen molar-refractivity contribution in [3.8, 4) is 28.1 Å². The number of hydrogen-bond acceptors (Lipinski definition) is 11. The SMILES string of the molecule is CC(CO)NC(=O)c1cc(-c2ccc(Cl)cc2)nn(-c2cnn(C)c2)c1=O.CN1CCN(c2cc(C(=O)Nc3cc4cc(-c5cnn(C)c5)ccc4cn3)ccn2)CC1. The van der Waals surface area contributed by atoms with E-state index in [2.05, 4.69) is 64.9 Å². The molecule has 8 rings (SSSR count). The molecule has 59 heavy (non-hydrogen) atoms. The maximum atomic E-state index is 12.9. The van der Waals surface area contributed by atoms with Crippen LogP contribution >= 0.6 is 11.6 Å². The molecule has 1 aliphatic rings. The topological polar surface area (TPSA) is 181 Å². The van der Waals surface area contributed by atoms with E-state index in [1.807, 2.05) is 37.6 Å². The highest BCUT2D eigenvalue weighted by molar-refractivity contribution is 6.30. The molecule has 17 heteroatoms. The number of rotatable bonds is 9. The molecule has 1 atom stereocenters. The van der Waals surface area contributed by atoms with E-state index in [0.29, 0.717) is 33.3 Å². The van der Waals surface area contributed by atoms with Gasteiger partial charge in [0.25, 0.3) is 17.4 Å². The van der Waals surface area contributed by atoms with Gasteiger partial charge in [-0.2, -0.15) is 20.0 Å². The van der Waals surface area contributed by atoms with Gasteiger partial charge in [-0.25, -0.2) is 9.97 Å². The second kappa shape index (κ2) is 17.8. The molecule has 302 valence electrons. The molecular weight excluding hydrogens is 772 g/mol. The van der Waals surface area contributed by atoms with E-state index in [-0.39, 0.29) is 18.1 Å². The van der Waals surface area contributed by atoms with Gasteiger partial charge < -0.3 is 25.5 Å². The van der Waals surface area contributed by atoms with Crippen molar-refractivity contribution in [3.05, 3.63) is 130 Å². The molecule has 0 radical (unpaired) electrons. The van der Waals surface area contributed by atoms with Crippen LogP contribution in [0.3, 0.4) is 0 Å². The Kier molecular flexibility index (Phi) is 12.2. The number of nitrogens with one attached hydrogen (secondary N) is 2. The fourth-order valence-corrected chi connectivity index (χ4v) is 6.50. The first-order valence-corrected chi connectivity index (χ1v) is 19.2. The smallest absolute Gasteiger partial charge is 0.284 e. The highest BCUT2D eigenvalue weighted by atomic mass is 35.5. The Morgan fingerprint density at radius 1 is 0.797 bits per heavy atom. The second-order valence-electron chi connectivity index (χ2n) is 14.3. The van der Waals surface area contributed by atoms with E-state index in [9.17, 15) is 14.4 Å².